The molecule has 2 atom stereocenters. The maximum absolute atomic E-state index is 10.2. The maximum atomic E-state index is 10.2. The molecule has 0 saturated carbocycles. The number of hydrogen-bond donors (Lipinski definition) is 2. The van der Waals surface area contributed by atoms with Gasteiger partial charge in [-0.05, 0) is 31.2 Å². The third kappa shape index (κ3) is 3.45. The standard InChI is InChI=1S/C12H17BrClNO/c1-2-3-8(7-15)12(16)10-6-9(13)4-5-11(10)14/h4-6,8,12,16H,2-3,7,15H2,1H3. The second-order valence-electron chi connectivity index (χ2n) is 3.90. The van der Waals surface area contributed by atoms with E-state index >= 15 is 0 Å². The van der Waals surface area contributed by atoms with Crippen LogP contribution in [0.1, 0.15) is 31.4 Å². The van der Waals surface area contributed by atoms with Crippen LogP contribution in [0.3, 0.4) is 0 Å². The average molecular weight is 307 g/mol. The van der Waals surface area contributed by atoms with Crippen molar-refractivity contribution in [1.29, 1.82) is 0 Å². The predicted molar refractivity (Wildman–Crippen MR) is 71.6 cm³/mol. The fourth-order valence-electron chi connectivity index (χ4n) is 1.77. The van der Waals surface area contributed by atoms with Crippen LogP contribution < -0.4 is 5.73 Å². The Kier molecular flexibility index (Phi) is 5.76. The van der Waals surface area contributed by atoms with Crippen molar-refractivity contribution in [1.82, 2.24) is 0 Å². The molecule has 0 aliphatic heterocycles. The van der Waals surface area contributed by atoms with E-state index in [-0.39, 0.29) is 5.92 Å². The number of aliphatic hydroxyl groups is 1. The summed E-state index contributed by atoms with van der Waals surface area (Å²) < 4.78 is 0.915. The lowest BCUT2D eigenvalue weighted by Crippen LogP contribution is -2.22. The number of aliphatic hydroxyl groups excluding tert-OH is 1. The molecule has 0 heterocycles. The Balaban J connectivity index is 2.93. The Hall–Kier alpha value is -0.0900. The van der Waals surface area contributed by atoms with E-state index in [1.54, 1.807) is 6.07 Å². The first-order chi connectivity index (χ1) is 7.60. The van der Waals surface area contributed by atoms with Gasteiger partial charge < -0.3 is 10.8 Å². The van der Waals surface area contributed by atoms with Crippen molar-refractivity contribution in [2.75, 3.05) is 6.54 Å². The van der Waals surface area contributed by atoms with Crippen molar-refractivity contribution >= 4 is 27.5 Å². The summed E-state index contributed by atoms with van der Waals surface area (Å²) in [5, 5.41) is 10.8. The fraction of sp³-hybridized carbons (Fsp3) is 0.500. The van der Waals surface area contributed by atoms with Gasteiger partial charge in [0, 0.05) is 21.0 Å². The van der Waals surface area contributed by atoms with E-state index in [1.165, 1.54) is 0 Å². The highest BCUT2D eigenvalue weighted by molar-refractivity contribution is 9.10. The molecule has 0 aliphatic carbocycles. The van der Waals surface area contributed by atoms with Crippen LogP contribution in [-0.2, 0) is 0 Å². The van der Waals surface area contributed by atoms with E-state index in [1.807, 2.05) is 12.1 Å². The van der Waals surface area contributed by atoms with Crippen LogP contribution in [0.25, 0.3) is 0 Å². The molecule has 90 valence electrons. The highest BCUT2D eigenvalue weighted by atomic mass is 79.9. The summed E-state index contributed by atoms with van der Waals surface area (Å²) in [6.07, 6.45) is 1.32. The van der Waals surface area contributed by atoms with Crippen LogP contribution in [0.5, 0.6) is 0 Å². The molecule has 0 spiro atoms. The first kappa shape index (κ1) is 14.0. The number of hydrogen-bond acceptors (Lipinski definition) is 2. The van der Waals surface area contributed by atoms with Gasteiger partial charge in [-0.15, -0.1) is 0 Å². The average Bonchev–Trinajstić information content (AvgIpc) is 2.28. The predicted octanol–water partition coefficient (Wildman–Crippen LogP) is 3.51. The van der Waals surface area contributed by atoms with E-state index < -0.39 is 6.10 Å². The number of benzene rings is 1. The third-order valence-electron chi connectivity index (χ3n) is 2.69. The Morgan fingerprint density at radius 3 is 2.75 bits per heavy atom. The summed E-state index contributed by atoms with van der Waals surface area (Å²) in [6.45, 7) is 2.55. The van der Waals surface area contributed by atoms with Crippen LogP contribution in [0.4, 0.5) is 0 Å². The topological polar surface area (TPSA) is 46.2 Å². The van der Waals surface area contributed by atoms with Crippen molar-refractivity contribution in [3.8, 4) is 0 Å². The first-order valence-electron chi connectivity index (χ1n) is 5.43. The molecule has 1 aromatic rings. The van der Waals surface area contributed by atoms with Crippen molar-refractivity contribution < 1.29 is 5.11 Å². The zero-order valence-electron chi connectivity index (χ0n) is 9.29. The van der Waals surface area contributed by atoms with E-state index in [9.17, 15) is 5.11 Å². The molecule has 0 bridgehead atoms. The van der Waals surface area contributed by atoms with Gasteiger partial charge in [-0.2, -0.15) is 0 Å². The SMILES string of the molecule is CCCC(CN)C(O)c1cc(Br)ccc1Cl. The lowest BCUT2D eigenvalue weighted by atomic mass is 9.92. The molecule has 16 heavy (non-hydrogen) atoms. The Labute approximate surface area is 110 Å². The summed E-state index contributed by atoms with van der Waals surface area (Å²) in [6, 6.07) is 5.49. The maximum Gasteiger partial charge on any atom is 0.0845 e. The normalized spacial score (nSPS) is 14.8. The third-order valence-corrected chi connectivity index (χ3v) is 3.52. The van der Waals surface area contributed by atoms with Gasteiger partial charge in [0.1, 0.15) is 0 Å². The van der Waals surface area contributed by atoms with E-state index in [2.05, 4.69) is 22.9 Å². The van der Waals surface area contributed by atoms with Crippen LogP contribution >= 0.6 is 27.5 Å². The molecular formula is C12H17BrClNO. The van der Waals surface area contributed by atoms with Crippen molar-refractivity contribution in [2.24, 2.45) is 11.7 Å². The summed E-state index contributed by atoms with van der Waals surface area (Å²) in [7, 11) is 0. The van der Waals surface area contributed by atoms with Gasteiger partial charge in [0.15, 0.2) is 0 Å². The molecule has 2 nitrogen and oxygen atoms in total. The molecule has 0 radical (unpaired) electrons. The Morgan fingerprint density at radius 2 is 2.19 bits per heavy atom. The molecule has 3 N–H and O–H groups in total. The van der Waals surface area contributed by atoms with Crippen molar-refractivity contribution in [3.63, 3.8) is 0 Å². The van der Waals surface area contributed by atoms with Gasteiger partial charge in [0.25, 0.3) is 0 Å². The van der Waals surface area contributed by atoms with Gasteiger partial charge in [0.05, 0.1) is 6.10 Å². The second-order valence-corrected chi connectivity index (χ2v) is 5.22. The van der Waals surface area contributed by atoms with Crippen molar-refractivity contribution in [2.45, 2.75) is 25.9 Å². The lowest BCUT2D eigenvalue weighted by Gasteiger charge is -2.22. The van der Waals surface area contributed by atoms with Gasteiger partial charge in [0.2, 0.25) is 0 Å². The molecular weight excluding hydrogens is 289 g/mol. The van der Waals surface area contributed by atoms with E-state index in [0.29, 0.717) is 11.6 Å². The molecule has 0 saturated heterocycles. The molecule has 0 fully saturated rings. The minimum atomic E-state index is -0.588. The largest absolute Gasteiger partial charge is 0.388 e. The van der Waals surface area contributed by atoms with Crippen molar-refractivity contribution in [3.05, 3.63) is 33.3 Å². The summed E-state index contributed by atoms with van der Waals surface area (Å²) in [5.41, 5.74) is 6.42. The van der Waals surface area contributed by atoms with E-state index in [0.717, 1.165) is 22.9 Å². The highest BCUT2D eigenvalue weighted by Gasteiger charge is 2.21. The molecule has 0 amide bonds. The number of nitrogens with two attached hydrogens (primary N) is 1. The molecule has 4 heteroatoms. The molecule has 1 aromatic carbocycles. The first-order valence-corrected chi connectivity index (χ1v) is 6.60. The summed E-state index contributed by atoms with van der Waals surface area (Å²) >= 11 is 9.44. The minimum Gasteiger partial charge on any atom is -0.388 e. The summed E-state index contributed by atoms with van der Waals surface area (Å²) in [4.78, 5) is 0. The second kappa shape index (κ2) is 6.60. The minimum absolute atomic E-state index is 0.0665. The van der Waals surface area contributed by atoms with E-state index in [4.69, 9.17) is 17.3 Å². The van der Waals surface area contributed by atoms with Gasteiger partial charge >= 0.3 is 0 Å². The zero-order valence-corrected chi connectivity index (χ0v) is 11.6. The van der Waals surface area contributed by atoms with Gasteiger partial charge in [-0.1, -0.05) is 40.9 Å². The van der Waals surface area contributed by atoms with Crippen LogP contribution in [0.15, 0.2) is 22.7 Å². The van der Waals surface area contributed by atoms with Crippen LogP contribution in [-0.4, -0.2) is 11.7 Å². The Bertz CT molecular complexity index is 346. The molecule has 2 unspecified atom stereocenters. The highest BCUT2D eigenvalue weighted by Crippen LogP contribution is 2.32. The van der Waals surface area contributed by atoms with Crippen LogP contribution in [0, 0.1) is 5.92 Å². The fourth-order valence-corrected chi connectivity index (χ4v) is 2.38. The summed E-state index contributed by atoms with van der Waals surface area (Å²) in [5.74, 6) is 0.0665. The quantitative estimate of drug-likeness (QED) is 0.874. The lowest BCUT2D eigenvalue weighted by molar-refractivity contribution is 0.107. The Morgan fingerprint density at radius 1 is 1.50 bits per heavy atom. The van der Waals surface area contributed by atoms with Gasteiger partial charge in [-0.25, -0.2) is 0 Å². The molecule has 1 rings (SSSR count). The molecule has 0 aromatic heterocycles. The van der Waals surface area contributed by atoms with Gasteiger partial charge in [-0.3, -0.25) is 0 Å². The number of halogens is 2. The zero-order chi connectivity index (χ0) is 12.1. The number of rotatable bonds is 5. The monoisotopic (exact) mass is 305 g/mol. The van der Waals surface area contributed by atoms with Crippen LogP contribution in [0.2, 0.25) is 5.02 Å². The molecule has 0 aliphatic rings. The smallest absolute Gasteiger partial charge is 0.0845 e.